The summed E-state index contributed by atoms with van der Waals surface area (Å²) in [6.45, 7) is 5.64. The quantitative estimate of drug-likeness (QED) is 0.685. The second kappa shape index (κ2) is 8.09. The second-order valence-electron chi connectivity index (χ2n) is 6.58. The average Bonchev–Trinajstić information content (AvgIpc) is 3.22. The fraction of sp³-hybridized carbons (Fsp3) is 0.368. The van der Waals surface area contributed by atoms with Crippen molar-refractivity contribution in [3.8, 4) is 5.69 Å². The van der Waals surface area contributed by atoms with Crippen LogP contribution < -0.4 is 0 Å². The fourth-order valence-corrected chi connectivity index (χ4v) is 2.83. The number of hydrogen-bond acceptors (Lipinski definition) is 4. The van der Waals surface area contributed by atoms with Crippen LogP contribution in [0.4, 0.5) is 0 Å². The van der Waals surface area contributed by atoms with Gasteiger partial charge in [-0.05, 0) is 39.2 Å². The van der Waals surface area contributed by atoms with Gasteiger partial charge in [-0.2, -0.15) is 5.10 Å². The monoisotopic (exact) mass is 338 g/mol. The number of imidazole rings is 1. The SMILES string of the molecule is Cc1ncc(CN(CCN(C)C)Cc2ccnn2-c2ccccc2)[nH]1. The Kier molecular flexibility index (Phi) is 5.63. The Bertz CT molecular complexity index is 774. The molecule has 0 saturated carbocycles. The smallest absolute Gasteiger partial charge is 0.103 e. The number of aromatic amines is 1. The minimum Gasteiger partial charge on any atom is -0.345 e. The van der Waals surface area contributed by atoms with Crippen LogP contribution in [0.25, 0.3) is 5.69 Å². The maximum Gasteiger partial charge on any atom is 0.103 e. The first-order chi connectivity index (χ1) is 12.1. The third kappa shape index (κ3) is 4.78. The van der Waals surface area contributed by atoms with Crippen LogP contribution in [0.15, 0.2) is 48.8 Å². The van der Waals surface area contributed by atoms with Gasteiger partial charge >= 0.3 is 0 Å². The average molecular weight is 338 g/mol. The molecule has 0 fully saturated rings. The Hall–Kier alpha value is -2.44. The van der Waals surface area contributed by atoms with E-state index < -0.39 is 0 Å². The summed E-state index contributed by atoms with van der Waals surface area (Å²) in [6.07, 6.45) is 3.79. The molecule has 0 amide bonds. The van der Waals surface area contributed by atoms with E-state index in [2.05, 4.69) is 57.2 Å². The van der Waals surface area contributed by atoms with Crippen molar-refractivity contribution in [3.05, 3.63) is 66.0 Å². The molecular formula is C19H26N6. The molecule has 6 nitrogen and oxygen atoms in total. The van der Waals surface area contributed by atoms with Crippen LogP contribution in [0.3, 0.4) is 0 Å². The van der Waals surface area contributed by atoms with Crippen molar-refractivity contribution < 1.29 is 0 Å². The van der Waals surface area contributed by atoms with Crippen molar-refractivity contribution in [1.82, 2.24) is 29.5 Å². The first kappa shape index (κ1) is 17.4. The number of aromatic nitrogens is 4. The molecule has 0 aliphatic heterocycles. The number of likely N-dealkylation sites (N-methyl/N-ethyl adjacent to an activating group) is 1. The molecule has 25 heavy (non-hydrogen) atoms. The summed E-state index contributed by atoms with van der Waals surface area (Å²) in [5, 5.41) is 4.51. The number of benzene rings is 1. The highest BCUT2D eigenvalue weighted by molar-refractivity contribution is 5.32. The van der Waals surface area contributed by atoms with Crippen molar-refractivity contribution >= 4 is 0 Å². The summed E-state index contributed by atoms with van der Waals surface area (Å²) in [4.78, 5) is 12.3. The van der Waals surface area contributed by atoms with Crippen LogP contribution in [0.2, 0.25) is 0 Å². The van der Waals surface area contributed by atoms with Gasteiger partial charge in [-0.15, -0.1) is 0 Å². The molecule has 0 spiro atoms. The molecule has 1 N–H and O–H groups in total. The van der Waals surface area contributed by atoms with Gasteiger partial charge in [0.05, 0.1) is 11.4 Å². The molecule has 2 aromatic heterocycles. The van der Waals surface area contributed by atoms with Crippen molar-refractivity contribution in [1.29, 1.82) is 0 Å². The molecule has 0 atom stereocenters. The minimum atomic E-state index is 0.834. The molecule has 0 saturated heterocycles. The van der Waals surface area contributed by atoms with Gasteiger partial charge in [-0.3, -0.25) is 4.90 Å². The van der Waals surface area contributed by atoms with Crippen LogP contribution in [-0.4, -0.2) is 56.7 Å². The highest BCUT2D eigenvalue weighted by Crippen LogP contribution is 2.13. The normalized spacial score (nSPS) is 11.6. The third-order valence-electron chi connectivity index (χ3n) is 4.12. The summed E-state index contributed by atoms with van der Waals surface area (Å²) < 4.78 is 2.01. The molecule has 6 heteroatoms. The number of hydrogen-bond donors (Lipinski definition) is 1. The van der Waals surface area contributed by atoms with Crippen LogP contribution >= 0.6 is 0 Å². The van der Waals surface area contributed by atoms with Gasteiger partial charge in [-0.1, -0.05) is 18.2 Å². The predicted molar refractivity (Wildman–Crippen MR) is 99.6 cm³/mol. The molecule has 0 radical (unpaired) electrons. The highest BCUT2D eigenvalue weighted by Gasteiger charge is 2.13. The minimum absolute atomic E-state index is 0.834. The van der Waals surface area contributed by atoms with Gasteiger partial charge in [0.2, 0.25) is 0 Å². The first-order valence-corrected chi connectivity index (χ1v) is 8.58. The molecule has 3 aromatic rings. The Morgan fingerprint density at radius 2 is 1.84 bits per heavy atom. The first-order valence-electron chi connectivity index (χ1n) is 8.58. The largest absolute Gasteiger partial charge is 0.345 e. The third-order valence-corrected chi connectivity index (χ3v) is 4.12. The number of rotatable bonds is 8. The molecule has 132 valence electrons. The van der Waals surface area contributed by atoms with Gasteiger partial charge in [0, 0.05) is 44.3 Å². The summed E-state index contributed by atoms with van der Waals surface area (Å²) in [5.74, 6) is 0.955. The molecule has 3 rings (SSSR count). The summed E-state index contributed by atoms with van der Waals surface area (Å²) >= 11 is 0. The lowest BCUT2D eigenvalue weighted by molar-refractivity contribution is 0.220. The molecule has 2 heterocycles. The lowest BCUT2D eigenvalue weighted by Gasteiger charge is -2.24. The van der Waals surface area contributed by atoms with E-state index in [0.717, 1.165) is 43.4 Å². The van der Waals surface area contributed by atoms with E-state index in [0.29, 0.717) is 0 Å². The fourth-order valence-electron chi connectivity index (χ4n) is 2.83. The van der Waals surface area contributed by atoms with Crippen molar-refractivity contribution in [2.45, 2.75) is 20.0 Å². The second-order valence-corrected chi connectivity index (χ2v) is 6.58. The van der Waals surface area contributed by atoms with Crippen LogP contribution in [0.5, 0.6) is 0 Å². The van der Waals surface area contributed by atoms with Crippen molar-refractivity contribution in [2.75, 3.05) is 27.2 Å². The van der Waals surface area contributed by atoms with E-state index in [9.17, 15) is 0 Å². The number of aryl methyl sites for hydroxylation is 1. The zero-order chi connectivity index (χ0) is 17.6. The van der Waals surface area contributed by atoms with E-state index in [4.69, 9.17) is 0 Å². The zero-order valence-corrected chi connectivity index (χ0v) is 15.2. The van der Waals surface area contributed by atoms with E-state index in [1.807, 2.05) is 42.2 Å². The predicted octanol–water partition coefficient (Wildman–Crippen LogP) is 2.47. The molecule has 0 bridgehead atoms. The number of para-hydroxylation sites is 1. The highest BCUT2D eigenvalue weighted by atomic mass is 15.3. The Labute approximate surface area is 149 Å². The van der Waals surface area contributed by atoms with E-state index >= 15 is 0 Å². The molecule has 1 aromatic carbocycles. The van der Waals surface area contributed by atoms with Crippen LogP contribution in [0.1, 0.15) is 17.2 Å². The van der Waals surface area contributed by atoms with E-state index in [-0.39, 0.29) is 0 Å². The van der Waals surface area contributed by atoms with Crippen LogP contribution in [-0.2, 0) is 13.1 Å². The molecule has 0 aliphatic carbocycles. The van der Waals surface area contributed by atoms with E-state index in [1.165, 1.54) is 5.69 Å². The molecule has 0 aliphatic rings. The number of H-pyrrole nitrogens is 1. The van der Waals surface area contributed by atoms with E-state index in [1.54, 1.807) is 0 Å². The molecular weight excluding hydrogens is 312 g/mol. The van der Waals surface area contributed by atoms with Gasteiger partial charge in [0.25, 0.3) is 0 Å². The lowest BCUT2D eigenvalue weighted by atomic mass is 10.3. The summed E-state index contributed by atoms with van der Waals surface area (Å²) in [7, 11) is 4.21. The number of nitrogens with one attached hydrogen (secondary N) is 1. The standard InChI is InChI=1S/C19H26N6/c1-16-20-13-17(22-16)14-24(12-11-23(2)3)15-19-9-10-21-25(19)18-7-5-4-6-8-18/h4-10,13H,11-12,14-15H2,1-3H3,(H,20,22). The maximum atomic E-state index is 4.51. The number of nitrogens with zero attached hydrogens (tertiary/aromatic N) is 5. The van der Waals surface area contributed by atoms with Gasteiger partial charge in [0.1, 0.15) is 5.82 Å². The Morgan fingerprint density at radius 1 is 1.04 bits per heavy atom. The van der Waals surface area contributed by atoms with Crippen LogP contribution in [0, 0.1) is 6.92 Å². The van der Waals surface area contributed by atoms with Crippen molar-refractivity contribution in [2.24, 2.45) is 0 Å². The maximum absolute atomic E-state index is 4.51. The Balaban J connectivity index is 1.77. The van der Waals surface area contributed by atoms with Crippen molar-refractivity contribution in [3.63, 3.8) is 0 Å². The topological polar surface area (TPSA) is 53.0 Å². The zero-order valence-electron chi connectivity index (χ0n) is 15.2. The van der Waals surface area contributed by atoms with Gasteiger partial charge in [-0.25, -0.2) is 9.67 Å². The lowest BCUT2D eigenvalue weighted by Crippen LogP contribution is -2.31. The summed E-state index contributed by atoms with van der Waals surface area (Å²) in [5.41, 5.74) is 3.41. The Morgan fingerprint density at radius 3 is 2.52 bits per heavy atom. The van der Waals surface area contributed by atoms with Gasteiger partial charge in [0.15, 0.2) is 0 Å². The summed E-state index contributed by atoms with van der Waals surface area (Å²) in [6, 6.07) is 12.4. The molecule has 0 unspecified atom stereocenters. The van der Waals surface area contributed by atoms with Gasteiger partial charge < -0.3 is 9.88 Å².